The summed E-state index contributed by atoms with van der Waals surface area (Å²) in [5.41, 5.74) is 0. The maximum absolute atomic E-state index is 12.7. The summed E-state index contributed by atoms with van der Waals surface area (Å²) in [6.45, 7) is 3.04. The molecule has 0 bridgehead atoms. The van der Waals surface area contributed by atoms with Gasteiger partial charge in [-0.2, -0.15) is 0 Å². The largest absolute Gasteiger partial charge is 0.344 e. The first kappa shape index (κ1) is 18.1. The van der Waals surface area contributed by atoms with Crippen LogP contribution < -0.4 is 5.32 Å². The second-order valence-corrected chi connectivity index (χ2v) is 7.29. The Balaban J connectivity index is 1.98. The molecule has 0 spiro atoms. The molecule has 1 aliphatic rings. The number of carbonyl (C=O) groups excluding carboxylic acids is 2. The van der Waals surface area contributed by atoms with Crippen LogP contribution in [0.1, 0.15) is 32.6 Å². The molecule has 2 rings (SSSR count). The maximum atomic E-state index is 12.7. The summed E-state index contributed by atoms with van der Waals surface area (Å²) in [5, 5.41) is 3.49. The number of likely N-dealkylation sites (tertiary alicyclic amines) is 1. The Morgan fingerprint density at radius 3 is 2.35 bits per heavy atom. The van der Waals surface area contributed by atoms with Crippen molar-refractivity contribution in [3.8, 4) is 0 Å². The molecule has 1 unspecified atom stereocenters. The van der Waals surface area contributed by atoms with Gasteiger partial charge in [-0.15, -0.1) is 11.8 Å². The van der Waals surface area contributed by atoms with E-state index in [2.05, 4.69) is 5.32 Å². The molecule has 0 aromatic heterocycles. The van der Waals surface area contributed by atoms with Crippen molar-refractivity contribution in [1.82, 2.24) is 10.2 Å². The van der Waals surface area contributed by atoms with Gasteiger partial charge in [-0.3, -0.25) is 9.59 Å². The molecule has 1 heterocycles. The second-order valence-electron chi connectivity index (χ2n) is 5.76. The van der Waals surface area contributed by atoms with E-state index in [4.69, 9.17) is 11.6 Å². The molecular formula is C17H23ClN2O2S. The van der Waals surface area contributed by atoms with Crippen LogP contribution in [-0.4, -0.2) is 41.6 Å². The molecular weight excluding hydrogens is 332 g/mol. The van der Waals surface area contributed by atoms with Crippen molar-refractivity contribution < 1.29 is 9.59 Å². The van der Waals surface area contributed by atoms with E-state index >= 15 is 0 Å². The highest BCUT2D eigenvalue weighted by atomic mass is 35.5. The molecule has 0 radical (unpaired) electrons. The van der Waals surface area contributed by atoms with E-state index in [1.165, 1.54) is 19.8 Å². The summed E-state index contributed by atoms with van der Waals surface area (Å²) in [4.78, 5) is 27.1. The summed E-state index contributed by atoms with van der Waals surface area (Å²) >= 11 is 7.44. The van der Waals surface area contributed by atoms with E-state index in [9.17, 15) is 9.59 Å². The predicted molar refractivity (Wildman–Crippen MR) is 94.8 cm³/mol. The van der Waals surface area contributed by atoms with Crippen molar-refractivity contribution in [2.75, 3.05) is 18.8 Å². The fourth-order valence-corrected chi connectivity index (χ4v) is 3.68. The lowest BCUT2D eigenvalue weighted by Gasteiger charge is -2.26. The Morgan fingerprint density at radius 2 is 1.78 bits per heavy atom. The van der Waals surface area contributed by atoms with Gasteiger partial charge in [-0.1, -0.05) is 24.4 Å². The third kappa shape index (κ3) is 6.07. The fraction of sp³-hybridized carbons (Fsp3) is 0.529. The summed E-state index contributed by atoms with van der Waals surface area (Å²) in [7, 11) is 0. The van der Waals surface area contributed by atoms with Crippen LogP contribution in [0.25, 0.3) is 0 Å². The predicted octanol–water partition coefficient (Wildman–Crippen LogP) is 3.34. The number of carbonyl (C=O) groups is 2. The molecule has 1 atom stereocenters. The van der Waals surface area contributed by atoms with Gasteiger partial charge < -0.3 is 10.2 Å². The van der Waals surface area contributed by atoms with Crippen LogP contribution >= 0.6 is 23.4 Å². The third-order valence-corrected chi connectivity index (χ3v) is 5.18. The molecule has 1 aromatic carbocycles. The molecule has 1 saturated heterocycles. The minimum absolute atomic E-state index is 0.0311. The zero-order chi connectivity index (χ0) is 16.7. The Labute approximate surface area is 146 Å². The van der Waals surface area contributed by atoms with Crippen molar-refractivity contribution in [3.05, 3.63) is 29.3 Å². The zero-order valence-electron chi connectivity index (χ0n) is 13.4. The lowest BCUT2D eigenvalue weighted by molar-refractivity contribution is -0.135. The van der Waals surface area contributed by atoms with Crippen molar-refractivity contribution in [2.24, 2.45) is 0 Å². The van der Waals surface area contributed by atoms with Crippen molar-refractivity contribution >= 4 is 35.2 Å². The van der Waals surface area contributed by atoms with Crippen LogP contribution in [0.3, 0.4) is 0 Å². The van der Waals surface area contributed by atoms with Crippen LogP contribution in [-0.2, 0) is 9.59 Å². The number of hydrogen-bond acceptors (Lipinski definition) is 3. The number of halogens is 1. The highest BCUT2D eigenvalue weighted by Crippen LogP contribution is 2.22. The van der Waals surface area contributed by atoms with Gasteiger partial charge in [0.1, 0.15) is 6.04 Å². The lowest BCUT2D eigenvalue weighted by Crippen LogP contribution is -2.49. The first-order chi connectivity index (χ1) is 11.1. The molecule has 23 heavy (non-hydrogen) atoms. The zero-order valence-corrected chi connectivity index (χ0v) is 15.0. The topological polar surface area (TPSA) is 49.4 Å². The van der Waals surface area contributed by atoms with Gasteiger partial charge in [-0.05, 0) is 37.1 Å². The van der Waals surface area contributed by atoms with Crippen LogP contribution in [0.4, 0.5) is 0 Å². The van der Waals surface area contributed by atoms with E-state index < -0.39 is 6.04 Å². The second kappa shape index (κ2) is 9.18. The maximum Gasteiger partial charge on any atom is 0.246 e. The molecule has 6 heteroatoms. The van der Waals surface area contributed by atoms with E-state index in [0.717, 1.165) is 30.8 Å². The van der Waals surface area contributed by atoms with Gasteiger partial charge in [0.2, 0.25) is 11.8 Å². The monoisotopic (exact) mass is 354 g/mol. The first-order valence-electron chi connectivity index (χ1n) is 8.00. The Morgan fingerprint density at radius 1 is 1.17 bits per heavy atom. The van der Waals surface area contributed by atoms with E-state index in [-0.39, 0.29) is 11.8 Å². The van der Waals surface area contributed by atoms with E-state index in [1.54, 1.807) is 11.8 Å². The minimum atomic E-state index is -0.480. The highest BCUT2D eigenvalue weighted by Gasteiger charge is 2.25. The smallest absolute Gasteiger partial charge is 0.246 e. The number of rotatable bonds is 5. The standard InChI is InChI=1S/C17H23ClN2O2S/c1-13(21)19-16(12-23-15-8-6-14(18)7-9-15)17(22)20-10-4-2-3-5-11-20/h6-9,16H,2-5,10-12H2,1H3,(H,19,21). The molecule has 4 nitrogen and oxygen atoms in total. The third-order valence-electron chi connectivity index (χ3n) is 3.82. The summed E-state index contributed by atoms with van der Waals surface area (Å²) in [5.74, 6) is 0.384. The molecule has 2 amide bonds. The Bertz CT molecular complexity index is 528. The molecule has 1 aromatic rings. The normalized spacial score (nSPS) is 16.5. The number of nitrogens with one attached hydrogen (secondary N) is 1. The number of thioether (sulfide) groups is 1. The SMILES string of the molecule is CC(=O)NC(CSc1ccc(Cl)cc1)C(=O)N1CCCCCC1. The summed E-state index contributed by atoms with van der Waals surface area (Å²) < 4.78 is 0. The molecule has 1 fully saturated rings. The first-order valence-corrected chi connectivity index (χ1v) is 9.37. The average Bonchev–Trinajstić information content (AvgIpc) is 2.81. The van der Waals surface area contributed by atoms with Gasteiger partial charge in [0.25, 0.3) is 0 Å². The van der Waals surface area contributed by atoms with Gasteiger partial charge in [0, 0.05) is 35.7 Å². The molecule has 0 saturated carbocycles. The fourth-order valence-electron chi connectivity index (χ4n) is 2.64. The van der Waals surface area contributed by atoms with Crippen molar-refractivity contribution in [2.45, 2.75) is 43.5 Å². The molecule has 126 valence electrons. The van der Waals surface area contributed by atoms with Crippen LogP contribution in [0.5, 0.6) is 0 Å². The summed E-state index contributed by atoms with van der Waals surface area (Å²) in [6, 6.07) is 7.02. The van der Waals surface area contributed by atoms with Gasteiger partial charge in [0.05, 0.1) is 0 Å². The average molecular weight is 355 g/mol. The highest BCUT2D eigenvalue weighted by molar-refractivity contribution is 7.99. The number of nitrogens with zero attached hydrogens (tertiary/aromatic N) is 1. The molecule has 1 aliphatic heterocycles. The quantitative estimate of drug-likeness (QED) is 0.825. The van der Waals surface area contributed by atoms with Gasteiger partial charge >= 0.3 is 0 Å². The van der Waals surface area contributed by atoms with Crippen LogP contribution in [0, 0.1) is 0 Å². The number of hydrogen-bond donors (Lipinski definition) is 1. The lowest BCUT2D eigenvalue weighted by atomic mass is 10.2. The number of benzene rings is 1. The van der Waals surface area contributed by atoms with Gasteiger partial charge in [0.15, 0.2) is 0 Å². The van der Waals surface area contributed by atoms with Crippen LogP contribution in [0.2, 0.25) is 5.02 Å². The Hall–Kier alpha value is -1.20. The summed E-state index contributed by atoms with van der Waals surface area (Å²) in [6.07, 6.45) is 4.44. The Kier molecular flexibility index (Phi) is 7.24. The molecule has 1 N–H and O–H groups in total. The van der Waals surface area contributed by atoms with Crippen molar-refractivity contribution in [1.29, 1.82) is 0 Å². The van der Waals surface area contributed by atoms with E-state index in [0.29, 0.717) is 10.8 Å². The van der Waals surface area contributed by atoms with Crippen molar-refractivity contribution in [3.63, 3.8) is 0 Å². The number of amides is 2. The van der Waals surface area contributed by atoms with Gasteiger partial charge in [-0.25, -0.2) is 0 Å². The van der Waals surface area contributed by atoms with E-state index in [1.807, 2.05) is 29.2 Å². The minimum Gasteiger partial charge on any atom is -0.344 e. The van der Waals surface area contributed by atoms with Crippen LogP contribution in [0.15, 0.2) is 29.2 Å². The molecule has 0 aliphatic carbocycles.